The normalized spacial score (nSPS) is 15.5. The Hall–Kier alpha value is 0.340. The maximum Gasteiger partial charge on any atom is 1.00 e. The van der Waals surface area contributed by atoms with Crippen LogP contribution < -0.4 is 29.6 Å². The van der Waals surface area contributed by atoms with Crippen LogP contribution in [-0.2, 0) is 15.2 Å². The molecule has 0 aromatic carbocycles. The second-order valence-corrected chi connectivity index (χ2v) is 3.65. The third-order valence-electron chi connectivity index (χ3n) is 1.39. The molecule has 3 atom stereocenters. The predicted octanol–water partition coefficient (Wildman–Crippen LogP) is -6.91. The molecular formula is C6H15NaO10S. The van der Waals surface area contributed by atoms with Crippen LogP contribution in [-0.4, -0.2) is 80.4 Å². The molecule has 7 N–H and O–H groups in total. The van der Waals surface area contributed by atoms with E-state index in [1.54, 1.807) is 0 Å². The molecule has 10 nitrogen and oxygen atoms in total. The van der Waals surface area contributed by atoms with Crippen molar-refractivity contribution in [3.8, 4) is 0 Å². The number of Topliss-reactive ketones (excluding diaryl/α,β-unsaturated/α-hetero) is 1. The van der Waals surface area contributed by atoms with Crippen molar-refractivity contribution < 1.29 is 78.8 Å². The van der Waals surface area contributed by atoms with Crippen molar-refractivity contribution in [2.24, 2.45) is 0 Å². The summed E-state index contributed by atoms with van der Waals surface area (Å²) < 4.78 is 31.6. The van der Waals surface area contributed by atoms with Gasteiger partial charge in [0.2, 0.25) is 0 Å². The van der Waals surface area contributed by atoms with Gasteiger partial charge in [-0.2, -0.15) is 8.42 Å². The minimum atomic E-state index is -4.67. The number of hydrogen-bond donors (Lipinski definition) is 7. The van der Waals surface area contributed by atoms with Crippen molar-refractivity contribution in [2.75, 3.05) is 13.2 Å². The Kier molecular flexibility index (Phi) is 14.6. The third-order valence-corrected chi connectivity index (χ3v) is 1.39. The summed E-state index contributed by atoms with van der Waals surface area (Å²) in [6.45, 7) is -1.69. The fourth-order valence-electron chi connectivity index (χ4n) is 0.602. The Morgan fingerprint density at radius 2 is 1.44 bits per heavy atom. The zero-order chi connectivity index (χ0) is 14.2. The van der Waals surface area contributed by atoms with Crippen LogP contribution >= 0.6 is 0 Å². The number of ketones is 1. The summed E-state index contributed by atoms with van der Waals surface area (Å²) in [5.41, 5.74) is 0. The van der Waals surface area contributed by atoms with Gasteiger partial charge >= 0.3 is 40.0 Å². The molecule has 0 radical (unpaired) electrons. The van der Waals surface area contributed by atoms with E-state index in [1.165, 1.54) is 0 Å². The minimum absolute atomic E-state index is 0. The van der Waals surface area contributed by atoms with Gasteiger partial charge in [-0.15, -0.1) is 0 Å². The van der Waals surface area contributed by atoms with Crippen LogP contribution in [0.3, 0.4) is 0 Å². The maximum atomic E-state index is 10.5. The van der Waals surface area contributed by atoms with Gasteiger partial charge in [-0.3, -0.25) is 13.9 Å². The number of hydrogen-bond acceptors (Lipinski definition) is 8. The van der Waals surface area contributed by atoms with Gasteiger partial charge in [-0.05, 0) is 0 Å². The predicted molar refractivity (Wildman–Crippen MR) is 52.5 cm³/mol. The van der Waals surface area contributed by atoms with E-state index in [0.29, 0.717) is 0 Å². The fraction of sp³-hybridized carbons (Fsp3) is 0.833. The molecule has 0 aliphatic rings. The largest absolute Gasteiger partial charge is 1.00 e. The van der Waals surface area contributed by atoms with Gasteiger partial charge in [0.25, 0.3) is 0 Å². The zero-order valence-electron chi connectivity index (χ0n) is 10.4. The van der Waals surface area contributed by atoms with Gasteiger partial charge in [-0.25, -0.2) is 0 Å². The van der Waals surface area contributed by atoms with E-state index in [-0.39, 0.29) is 31.0 Å². The van der Waals surface area contributed by atoms with Gasteiger partial charge in [0.1, 0.15) is 24.9 Å². The summed E-state index contributed by atoms with van der Waals surface area (Å²) in [5, 5.41) is 43.1. The van der Waals surface area contributed by atoms with Crippen molar-refractivity contribution >= 4 is 16.2 Å². The average molecular weight is 302 g/mol. The van der Waals surface area contributed by atoms with E-state index in [1.807, 2.05) is 0 Å². The summed E-state index contributed by atoms with van der Waals surface area (Å²) in [7, 11) is -4.67. The molecule has 106 valence electrons. The van der Waals surface area contributed by atoms with Crippen LogP contribution in [0, 0.1) is 0 Å². The van der Waals surface area contributed by atoms with Crippen LogP contribution in [0.25, 0.3) is 0 Å². The van der Waals surface area contributed by atoms with E-state index in [9.17, 15) is 4.79 Å². The van der Waals surface area contributed by atoms with Crippen molar-refractivity contribution in [1.82, 2.24) is 0 Å². The summed E-state index contributed by atoms with van der Waals surface area (Å²) >= 11 is 0. The summed E-state index contributed by atoms with van der Waals surface area (Å²) in [5.74, 6) is -1.00. The SMILES string of the molecule is O=C(CO)[C@H](O)[C@@H](O)[C@H](O)CO.O=S(=O)(O)O.[H-].[Na+]. The van der Waals surface area contributed by atoms with Gasteiger partial charge in [0, 0.05) is 0 Å². The fourth-order valence-corrected chi connectivity index (χ4v) is 0.602. The molecule has 0 saturated carbocycles. The molecule has 0 unspecified atom stereocenters. The first-order chi connectivity index (χ1) is 7.54. The molecule has 0 heterocycles. The molecule has 0 fully saturated rings. The first kappa shape index (κ1) is 23.4. The smallest absolute Gasteiger partial charge is 1.00 e. The van der Waals surface area contributed by atoms with Crippen LogP contribution in [0.4, 0.5) is 0 Å². The number of carbonyl (C=O) groups is 1. The summed E-state index contributed by atoms with van der Waals surface area (Å²) in [6.07, 6.45) is -5.22. The standard InChI is InChI=1S/C6H12O6.Na.H2O4S.H/c7-1-3(9)5(11)6(12)4(10)2-8;;1-5(2,3)4;/h3,5-9,11-12H,1-2H2;;(H2,1,2,3,4);/q;+1;;-1/t3-,5+,6+;;;/m1.../s1. The molecule has 18 heavy (non-hydrogen) atoms. The third kappa shape index (κ3) is 14.4. The van der Waals surface area contributed by atoms with Crippen molar-refractivity contribution in [2.45, 2.75) is 18.3 Å². The van der Waals surface area contributed by atoms with Gasteiger partial charge in [0.15, 0.2) is 5.78 Å². The Morgan fingerprint density at radius 1 is 1.11 bits per heavy atom. The molecule has 0 aliphatic carbocycles. The van der Waals surface area contributed by atoms with E-state index in [2.05, 4.69) is 0 Å². The zero-order valence-corrected chi connectivity index (χ0v) is 12.2. The minimum Gasteiger partial charge on any atom is -1.00 e. The molecule has 0 amide bonds. The number of aliphatic hydroxyl groups is 5. The first-order valence-electron chi connectivity index (χ1n) is 4.03. The van der Waals surface area contributed by atoms with Crippen LogP contribution in [0.2, 0.25) is 0 Å². The quantitative estimate of drug-likeness (QED) is 0.189. The van der Waals surface area contributed by atoms with Crippen LogP contribution in [0.15, 0.2) is 0 Å². The second-order valence-electron chi connectivity index (χ2n) is 2.76. The average Bonchev–Trinajstić information content (AvgIpc) is 2.22. The molecular weight excluding hydrogens is 287 g/mol. The second kappa shape index (κ2) is 11.2. The van der Waals surface area contributed by atoms with Gasteiger partial charge in [-0.1, -0.05) is 0 Å². The number of carbonyl (C=O) groups excluding carboxylic acids is 1. The maximum absolute atomic E-state index is 10.5. The Bertz CT molecular complexity index is 314. The Balaban J connectivity index is -0.000000139. The van der Waals surface area contributed by atoms with E-state index < -0.39 is 47.7 Å². The monoisotopic (exact) mass is 302 g/mol. The topological polar surface area (TPSA) is 193 Å². The number of rotatable bonds is 5. The number of aliphatic hydroxyl groups excluding tert-OH is 5. The van der Waals surface area contributed by atoms with E-state index >= 15 is 0 Å². The molecule has 0 aromatic heterocycles. The van der Waals surface area contributed by atoms with Crippen molar-refractivity contribution in [3.05, 3.63) is 0 Å². The molecule has 0 saturated heterocycles. The summed E-state index contributed by atoms with van der Waals surface area (Å²) in [6, 6.07) is 0. The summed E-state index contributed by atoms with van der Waals surface area (Å²) in [4.78, 5) is 10.5. The van der Waals surface area contributed by atoms with Crippen molar-refractivity contribution in [3.63, 3.8) is 0 Å². The van der Waals surface area contributed by atoms with Crippen molar-refractivity contribution in [1.29, 1.82) is 0 Å². The first-order valence-corrected chi connectivity index (χ1v) is 5.42. The molecule has 0 bridgehead atoms. The molecule has 0 spiro atoms. The molecule has 12 heteroatoms. The van der Waals surface area contributed by atoms with Crippen LogP contribution in [0.5, 0.6) is 0 Å². The molecule has 0 rings (SSSR count). The van der Waals surface area contributed by atoms with E-state index in [0.717, 1.165) is 0 Å². The molecule has 0 aliphatic heterocycles. The molecule has 0 aromatic rings. The van der Waals surface area contributed by atoms with Gasteiger partial charge in [0.05, 0.1) is 6.61 Å². The van der Waals surface area contributed by atoms with Gasteiger partial charge < -0.3 is 27.0 Å². The Morgan fingerprint density at radius 3 is 1.67 bits per heavy atom. The van der Waals surface area contributed by atoms with Crippen LogP contribution in [0.1, 0.15) is 1.43 Å². The van der Waals surface area contributed by atoms with E-state index in [4.69, 9.17) is 43.1 Å². The Labute approximate surface area is 126 Å².